The molecular formula is C11H12ClNO. The normalized spacial score (nSPS) is 12.1. The molecule has 74 valence electrons. The molecule has 0 heterocycles. The number of hydrogen-bond acceptors (Lipinski definition) is 2. The molecule has 0 fully saturated rings. The van der Waals surface area contributed by atoms with Crippen molar-refractivity contribution in [3.05, 3.63) is 34.3 Å². The number of hydrogen-bond donors (Lipinski definition) is 1. The molecule has 1 aromatic rings. The molecule has 0 aliphatic heterocycles. The van der Waals surface area contributed by atoms with Crippen molar-refractivity contribution in [2.24, 2.45) is 5.92 Å². The van der Waals surface area contributed by atoms with E-state index in [0.717, 1.165) is 16.1 Å². The molecule has 0 radical (unpaired) electrons. The lowest BCUT2D eigenvalue weighted by Crippen LogP contribution is -2.06. The van der Waals surface area contributed by atoms with Gasteiger partial charge in [-0.1, -0.05) is 23.7 Å². The van der Waals surface area contributed by atoms with Gasteiger partial charge < -0.3 is 5.11 Å². The Morgan fingerprint density at radius 1 is 1.57 bits per heavy atom. The number of nitriles is 1. The number of rotatable bonds is 3. The van der Waals surface area contributed by atoms with Crippen molar-refractivity contribution in [3.8, 4) is 6.07 Å². The predicted molar refractivity (Wildman–Crippen MR) is 56.1 cm³/mol. The molecule has 1 rings (SSSR count). The molecule has 0 amide bonds. The lowest BCUT2D eigenvalue weighted by molar-refractivity contribution is 0.255. The van der Waals surface area contributed by atoms with Crippen molar-refractivity contribution in [3.63, 3.8) is 0 Å². The topological polar surface area (TPSA) is 44.0 Å². The highest BCUT2D eigenvalue weighted by molar-refractivity contribution is 6.31. The number of nitrogens with zero attached hydrogens (tertiary/aromatic N) is 1. The standard InChI is InChI=1S/C11H12ClNO/c1-8-4-9(2-3-11(8)12)5-10(6-13)7-14/h2-4,10,14H,5,7H2,1H3. The van der Waals surface area contributed by atoms with Crippen LogP contribution in [0.4, 0.5) is 0 Å². The Kier molecular flexibility index (Phi) is 3.94. The Labute approximate surface area is 88.7 Å². The molecule has 2 nitrogen and oxygen atoms in total. The van der Waals surface area contributed by atoms with Gasteiger partial charge in [-0.2, -0.15) is 5.26 Å². The Balaban J connectivity index is 2.78. The van der Waals surface area contributed by atoms with E-state index in [0.29, 0.717) is 6.42 Å². The number of benzene rings is 1. The highest BCUT2D eigenvalue weighted by atomic mass is 35.5. The van der Waals surface area contributed by atoms with Gasteiger partial charge in [0, 0.05) is 5.02 Å². The van der Waals surface area contributed by atoms with Crippen LogP contribution < -0.4 is 0 Å². The van der Waals surface area contributed by atoms with Crippen molar-refractivity contribution in [1.82, 2.24) is 0 Å². The van der Waals surface area contributed by atoms with E-state index < -0.39 is 0 Å². The Morgan fingerprint density at radius 3 is 2.79 bits per heavy atom. The molecule has 0 aromatic heterocycles. The van der Waals surface area contributed by atoms with Crippen LogP contribution in [0.15, 0.2) is 18.2 Å². The summed E-state index contributed by atoms with van der Waals surface area (Å²) in [5.41, 5.74) is 2.03. The second-order valence-corrected chi connectivity index (χ2v) is 3.70. The van der Waals surface area contributed by atoms with E-state index in [1.807, 2.05) is 25.1 Å². The molecule has 0 saturated carbocycles. The summed E-state index contributed by atoms with van der Waals surface area (Å²) in [6.45, 7) is 1.82. The third-order valence-corrected chi connectivity index (χ3v) is 2.53. The lowest BCUT2D eigenvalue weighted by Gasteiger charge is -2.06. The summed E-state index contributed by atoms with van der Waals surface area (Å²) >= 11 is 5.87. The highest BCUT2D eigenvalue weighted by Crippen LogP contribution is 2.18. The molecule has 1 atom stereocenters. The summed E-state index contributed by atoms with van der Waals surface area (Å²) in [6.07, 6.45) is 0.574. The van der Waals surface area contributed by atoms with Gasteiger partial charge in [-0.3, -0.25) is 0 Å². The molecule has 0 aliphatic rings. The number of halogens is 1. The summed E-state index contributed by atoms with van der Waals surface area (Å²) < 4.78 is 0. The van der Waals surface area contributed by atoms with Gasteiger partial charge in [0.2, 0.25) is 0 Å². The van der Waals surface area contributed by atoms with Gasteiger partial charge in [0.15, 0.2) is 0 Å². The van der Waals surface area contributed by atoms with Crippen LogP contribution >= 0.6 is 11.6 Å². The van der Waals surface area contributed by atoms with Crippen LogP contribution in [0.1, 0.15) is 11.1 Å². The lowest BCUT2D eigenvalue weighted by atomic mass is 10.0. The van der Waals surface area contributed by atoms with Gasteiger partial charge in [-0.25, -0.2) is 0 Å². The molecule has 1 aromatic carbocycles. The average Bonchev–Trinajstić information content (AvgIpc) is 2.19. The minimum Gasteiger partial charge on any atom is -0.395 e. The first-order chi connectivity index (χ1) is 6.67. The second-order valence-electron chi connectivity index (χ2n) is 3.30. The first-order valence-electron chi connectivity index (χ1n) is 4.43. The number of aliphatic hydroxyl groups is 1. The maximum Gasteiger partial charge on any atom is 0.0734 e. The van der Waals surface area contributed by atoms with Crippen LogP contribution in [0.25, 0.3) is 0 Å². The molecule has 1 unspecified atom stereocenters. The smallest absolute Gasteiger partial charge is 0.0734 e. The molecule has 0 saturated heterocycles. The van der Waals surface area contributed by atoms with Crippen molar-refractivity contribution in [2.45, 2.75) is 13.3 Å². The van der Waals surface area contributed by atoms with Crippen LogP contribution in [0.2, 0.25) is 5.02 Å². The maximum atomic E-state index is 8.86. The first kappa shape index (κ1) is 11.0. The molecule has 0 aliphatic carbocycles. The molecule has 0 spiro atoms. The van der Waals surface area contributed by atoms with Gasteiger partial charge in [0.05, 0.1) is 18.6 Å². The Morgan fingerprint density at radius 2 is 2.29 bits per heavy atom. The highest BCUT2D eigenvalue weighted by Gasteiger charge is 2.07. The zero-order valence-corrected chi connectivity index (χ0v) is 8.75. The summed E-state index contributed by atoms with van der Waals surface area (Å²) in [7, 11) is 0. The van der Waals surface area contributed by atoms with Crippen LogP contribution in [0.5, 0.6) is 0 Å². The van der Waals surface area contributed by atoms with E-state index in [1.165, 1.54) is 0 Å². The summed E-state index contributed by atoms with van der Waals surface area (Å²) in [5.74, 6) is -0.324. The minimum atomic E-state index is -0.324. The fourth-order valence-corrected chi connectivity index (χ4v) is 1.39. The van der Waals surface area contributed by atoms with E-state index in [9.17, 15) is 0 Å². The Bertz CT molecular complexity index is 357. The Hall–Kier alpha value is -1.04. The second kappa shape index (κ2) is 4.99. The molecule has 3 heteroatoms. The summed E-state index contributed by atoms with van der Waals surface area (Å²) in [5, 5.41) is 18.3. The van der Waals surface area contributed by atoms with Crippen LogP contribution in [0.3, 0.4) is 0 Å². The first-order valence-corrected chi connectivity index (χ1v) is 4.80. The SMILES string of the molecule is Cc1cc(CC(C#N)CO)ccc1Cl. The molecule has 1 N–H and O–H groups in total. The largest absolute Gasteiger partial charge is 0.395 e. The van der Waals surface area contributed by atoms with Gasteiger partial charge in [-0.15, -0.1) is 0 Å². The number of aliphatic hydroxyl groups excluding tert-OH is 1. The van der Waals surface area contributed by atoms with Gasteiger partial charge >= 0.3 is 0 Å². The van der Waals surface area contributed by atoms with E-state index in [1.54, 1.807) is 0 Å². The minimum absolute atomic E-state index is 0.0990. The van der Waals surface area contributed by atoms with Crippen molar-refractivity contribution < 1.29 is 5.11 Å². The zero-order valence-electron chi connectivity index (χ0n) is 8.00. The quantitative estimate of drug-likeness (QED) is 0.831. The van der Waals surface area contributed by atoms with Gasteiger partial charge in [-0.05, 0) is 30.5 Å². The summed E-state index contributed by atoms with van der Waals surface area (Å²) in [6, 6.07) is 7.70. The third-order valence-electron chi connectivity index (χ3n) is 2.11. The molecular weight excluding hydrogens is 198 g/mol. The molecule has 14 heavy (non-hydrogen) atoms. The van der Waals surface area contributed by atoms with Crippen molar-refractivity contribution in [1.29, 1.82) is 5.26 Å². The maximum absolute atomic E-state index is 8.86. The third kappa shape index (κ3) is 2.73. The monoisotopic (exact) mass is 209 g/mol. The van der Waals surface area contributed by atoms with Gasteiger partial charge in [0.25, 0.3) is 0 Å². The fourth-order valence-electron chi connectivity index (χ4n) is 1.27. The average molecular weight is 210 g/mol. The summed E-state index contributed by atoms with van der Waals surface area (Å²) in [4.78, 5) is 0. The zero-order chi connectivity index (χ0) is 10.6. The predicted octanol–water partition coefficient (Wildman–Crippen LogP) is 2.32. The van der Waals surface area contributed by atoms with Gasteiger partial charge in [0.1, 0.15) is 0 Å². The number of aryl methyl sites for hydroxylation is 1. The van der Waals surface area contributed by atoms with E-state index >= 15 is 0 Å². The van der Waals surface area contributed by atoms with Crippen LogP contribution in [0, 0.1) is 24.2 Å². The van der Waals surface area contributed by atoms with E-state index in [2.05, 4.69) is 6.07 Å². The van der Waals surface area contributed by atoms with E-state index in [-0.39, 0.29) is 12.5 Å². The van der Waals surface area contributed by atoms with E-state index in [4.69, 9.17) is 22.0 Å². The van der Waals surface area contributed by atoms with Crippen LogP contribution in [-0.4, -0.2) is 11.7 Å². The van der Waals surface area contributed by atoms with Crippen molar-refractivity contribution >= 4 is 11.6 Å². The van der Waals surface area contributed by atoms with Crippen LogP contribution in [-0.2, 0) is 6.42 Å². The van der Waals surface area contributed by atoms with Crippen molar-refractivity contribution in [2.75, 3.05) is 6.61 Å². The fraction of sp³-hybridized carbons (Fsp3) is 0.364. The molecule has 0 bridgehead atoms.